The van der Waals surface area contributed by atoms with Crippen LogP contribution in [0.3, 0.4) is 0 Å². The van der Waals surface area contributed by atoms with Crippen LogP contribution < -0.4 is 4.72 Å². The standard InChI is InChI=1S/C19H32N2O3S/c1-4-5-6-17-9-11-19(12-10-17)25(23,24)20-13-18(22)14-21-15(2)7-8-16(21)3/h9-12,15-16,18,20,22H,4-8,13-14H2,1-3H3/t15?,16?,18-/m0/s1. The van der Waals surface area contributed by atoms with Crippen LogP contribution in [0.15, 0.2) is 29.2 Å². The normalized spacial score (nSPS) is 23.0. The predicted molar refractivity (Wildman–Crippen MR) is 101 cm³/mol. The number of likely N-dealkylation sites (tertiary alicyclic amines) is 1. The van der Waals surface area contributed by atoms with Crippen molar-refractivity contribution in [3.05, 3.63) is 29.8 Å². The maximum atomic E-state index is 12.4. The molecule has 0 amide bonds. The van der Waals surface area contributed by atoms with E-state index in [4.69, 9.17) is 0 Å². The van der Waals surface area contributed by atoms with E-state index in [2.05, 4.69) is 30.4 Å². The Kier molecular flexibility index (Phi) is 7.43. The Morgan fingerprint density at radius 3 is 2.36 bits per heavy atom. The molecule has 25 heavy (non-hydrogen) atoms. The van der Waals surface area contributed by atoms with Crippen LogP contribution in [-0.2, 0) is 16.4 Å². The molecule has 0 spiro atoms. The largest absolute Gasteiger partial charge is 0.390 e. The molecule has 1 aliphatic rings. The number of aryl methyl sites for hydroxylation is 1. The summed E-state index contributed by atoms with van der Waals surface area (Å²) in [5.74, 6) is 0. The molecular formula is C19H32N2O3S. The van der Waals surface area contributed by atoms with Crippen LogP contribution in [0.2, 0.25) is 0 Å². The second kappa shape index (κ2) is 9.12. The van der Waals surface area contributed by atoms with Crippen LogP contribution in [-0.4, -0.2) is 49.7 Å². The minimum absolute atomic E-state index is 0.0376. The molecule has 6 heteroatoms. The van der Waals surface area contributed by atoms with E-state index in [0.717, 1.165) is 37.7 Å². The molecule has 2 N–H and O–H groups in total. The number of hydrogen-bond donors (Lipinski definition) is 2. The molecule has 2 unspecified atom stereocenters. The summed E-state index contributed by atoms with van der Waals surface area (Å²) < 4.78 is 27.3. The zero-order valence-corrected chi connectivity index (χ0v) is 16.4. The molecule has 2 rings (SSSR count). The van der Waals surface area contributed by atoms with Gasteiger partial charge in [0.15, 0.2) is 0 Å². The first kappa shape index (κ1) is 20.4. The van der Waals surface area contributed by atoms with Crippen LogP contribution >= 0.6 is 0 Å². The third-order valence-electron chi connectivity index (χ3n) is 5.12. The lowest BCUT2D eigenvalue weighted by atomic mass is 10.1. The Labute approximate surface area is 152 Å². The first-order chi connectivity index (χ1) is 11.8. The van der Waals surface area contributed by atoms with Gasteiger partial charge in [-0.2, -0.15) is 0 Å². The molecule has 0 saturated carbocycles. The van der Waals surface area contributed by atoms with Crippen molar-refractivity contribution in [2.75, 3.05) is 13.1 Å². The number of rotatable bonds is 9. The van der Waals surface area contributed by atoms with Crippen LogP contribution in [0.25, 0.3) is 0 Å². The Morgan fingerprint density at radius 1 is 1.20 bits per heavy atom. The van der Waals surface area contributed by atoms with Gasteiger partial charge in [0.05, 0.1) is 11.0 Å². The van der Waals surface area contributed by atoms with E-state index in [-0.39, 0.29) is 11.4 Å². The third-order valence-corrected chi connectivity index (χ3v) is 6.56. The maximum Gasteiger partial charge on any atom is 0.240 e. The van der Waals surface area contributed by atoms with Crippen LogP contribution in [0.1, 0.15) is 52.0 Å². The molecule has 1 aromatic rings. The lowest BCUT2D eigenvalue weighted by Crippen LogP contribution is -2.43. The van der Waals surface area contributed by atoms with Gasteiger partial charge in [0, 0.05) is 25.2 Å². The molecule has 1 saturated heterocycles. The molecule has 0 aliphatic carbocycles. The Morgan fingerprint density at radius 2 is 1.80 bits per heavy atom. The summed E-state index contributed by atoms with van der Waals surface area (Å²) in [7, 11) is -3.58. The molecule has 0 bridgehead atoms. The van der Waals surface area contributed by atoms with Crippen molar-refractivity contribution in [2.24, 2.45) is 0 Å². The smallest absolute Gasteiger partial charge is 0.240 e. The lowest BCUT2D eigenvalue weighted by Gasteiger charge is -2.28. The van der Waals surface area contributed by atoms with Gasteiger partial charge in [-0.05, 0) is 57.2 Å². The summed E-state index contributed by atoms with van der Waals surface area (Å²) in [5.41, 5.74) is 1.15. The minimum Gasteiger partial charge on any atom is -0.390 e. The monoisotopic (exact) mass is 368 g/mol. The summed E-state index contributed by atoms with van der Waals surface area (Å²) in [6, 6.07) is 7.91. The second-order valence-electron chi connectivity index (χ2n) is 7.23. The first-order valence-electron chi connectivity index (χ1n) is 9.36. The van der Waals surface area contributed by atoms with Gasteiger partial charge < -0.3 is 5.11 Å². The van der Waals surface area contributed by atoms with Gasteiger partial charge in [0.25, 0.3) is 0 Å². The van der Waals surface area contributed by atoms with Gasteiger partial charge in [-0.15, -0.1) is 0 Å². The van der Waals surface area contributed by atoms with Crippen LogP contribution in [0, 0.1) is 0 Å². The van der Waals surface area contributed by atoms with E-state index in [1.807, 2.05) is 12.1 Å². The van der Waals surface area contributed by atoms with Crippen molar-refractivity contribution >= 4 is 10.0 Å². The zero-order chi connectivity index (χ0) is 18.4. The second-order valence-corrected chi connectivity index (χ2v) is 8.99. The number of aliphatic hydroxyl groups excluding tert-OH is 1. The molecule has 0 radical (unpaired) electrons. The van der Waals surface area contributed by atoms with E-state index in [0.29, 0.717) is 18.6 Å². The highest BCUT2D eigenvalue weighted by Crippen LogP contribution is 2.23. The van der Waals surface area contributed by atoms with Gasteiger partial charge in [0.1, 0.15) is 0 Å². The van der Waals surface area contributed by atoms with E-state index in [1.165, 1.54) is 0 Å². The number of unbranched alkanes of at least 4 members (excludes halogenated alkanes) is 1. The molecule has 5 nitrogen and oxygen atoms in total. The van der Waals surface area contributed by atoms with Crippen molar-refractivity contribution in [1.29, 1.82) is 0 Å². The highest BCUT2D eigenvalue weighted by atomic mass is 32.2. The summed E-state index contributed by atoms with van der Waals surface area (Å²) >= 11 is 0. The van der Waals surface area contributed by atoms with Crippen LogP contribution in [0.5, 0.6) is 0 Å². The highest BCUT2D eigenvalue weighted by Gasteiger charge is 2.29. The molecule has 1 aromatic carbocycles. The summed E-state index contributed by atoms with van der Waals surface area (Å²) in [4.78, 5) is 2.50. The number of β-amino-alcohol motifs (C(OH)–C–C–N with tert-alkyl or cyclic N) is 1. The van der Waals surface area contributed by atoms with Gasteiger partial charge >= 0.3 is 0 Å². The summed E-state index contributed by atoms with van der Waals surface area (Å²) in [6.45, 7) is 6.98. The number of nitrogens with one attached hydrogen (secondary N) is 1. The zero-order valence-electron chi connectivity index (χ0n) is 15.6. The number of benzene rings is 1. The fourth-order valence-electron chi connectivity index (χ4n) is 3.42. The molecule has 3 atom stereocenters. The predicted octanol–water partition coefficient (Wildman–Crippen LogP) is 2.54. The topological polar surface area (TPSA) is 69.6 Å². The number of nitrogens with zero attached hydrogens (tertiary/aromatic N) is 1. The van der Waals surface area contributed by atoms with E-state index in [9.17, 15) is 13.5 Å². The molecule has 1 heterocycles. The third kappa shape index (κ3) is 5.78. The number of sulfonamides is 1. The van der Waals surface area contributed by atoms with Crippen molar-refractivity contribution < 1.29 is 13.5 Å². The minimum atomic E-state index is -3.58. The van der Waals surface area contributed by atoms with Gasteiger partial charge in [-0.1, -0.05) is 25.5 Å². The SMILES string of the molecule is CCCCc1ccc(S(=O)(=O)NC[C@H](O)CN2C(C)CCC2C)cc1. The average Bonchev–Trinajstić information content (AvgIpc) is 2.90. The quantitative estimate of drug-likeness (QED) is 0.703. The van der Waals surface area contributed by atoms with Gasteiger partial charge in [-0.25, -0.2) is 13.1 Å². The van der Waals surface area contributed by atoms with E-state index >= 15 is 0 Å². The van der Waals surface area contributed by atoms with Crippen molar-refractivity contribution in [1.82, 2.24) is 9.62 Å². The maximum absolute atomic E-state index is 12.4. The molecular weight excluding hydrogens is 336 g/mol. The Hall–Kier alpha value is -0.950. The molecule has 142 valence electrons. The van der Waals surface area contributed by atoms with Gasteiger partial charge in [0.2, 0.25) is 10.0 Å². The fraction of sp³-hybridized carbons (Fsp3) is 0.684. The van der Waals surface area contributed by atoms with Crippen molar-refractivity contribution in [2.45, 2.75) is 76.0 Å². The Balaban J connectivity index is 1.88. The number of aliphatic hydroxyl groups is 1. The first-order valence-corrected chi connectivity index (χ1v) is 10.8. The average molecular weight is 369 g/mol. The van der Waals surface area contributed by atoms with Crippen LogP contribution in [0.4, 0.5) is 0 Å². The lowest BCUT2D eigenvalue weighted by molar-refractivity contribution is 0.0941. The van der Waals surface area contributed by atoms with Crippen molar-refractivity contribution in [3.63, 3.8) is 0 Å². The van der Waals surface area contributed by atoms with Gasteiger partial charge in [-0.3, -0.25) is 4.90 Å². The fourth-order valence-corrected chi connectivity index (χ4v) is 4.49. The Bertz CT molecular complexity index is 621. The van der Waals surface area contributed by atoms with E-state index < -0.39 is 16.1 Å². The van der Waals surface area contributed by atoms with Crippen molar-refractivity contribution in [3.8, 4) is 0 Å². The molecule has 1 aliphatic heterocycles. The highest BCUT2D eigenvalue weighted by molar-refractivity contribution is 7.89. The van der Waals surface area contributed by atoms with E-state index in [1.54, 1.807) is 12.1 Å². The molecule has 1 fully saturated rings. The summed E-state index contributed by atoms with van der Waals surface area (Å²) in [6.07, 6.45) is 4.74. The summed E-state index contributed by atoms with van der Waals surface area (Å²) in [5, 5.41) is 10.2. The molecule has 0 aromatic heterocycles. The number of hydrogen-bond acceptors (Lipinski definition) is 4.